The molecular formula is C17H15ClN2O5. The monoisotopic (exact) mass is 362 g/mol. The van der Waals surface area contributed by atoms with Gasteiger partial charge in [-0.2, -0.15) is 5.10 Å². The number of carbonyl (C=O) groups excluding carboxylic acids is 1. The fourth-order valence-electron chi connectivity index (χ4n) is 2.09. The van der Waals surface area contributed by atoms with E-state index in [1.807, 2.05) is 0 Å². The van der Waals surface area contributed by atoms with Crippen molar-refractivity contribution in [2.45, 2.75) is 0 Å². The highest BCUT2D eigenvalue weighted by atomic mass is 35.5. The highest BCUT2D eigenvalue weighted by Crippen LogP contribution is 2.39. The Balaban J connectivity index is 1.50. The Morgan fingerprint density at radius 2 is 2.04 bits per heavy atom. The van der Waals surface area contributed by atoms with Crippen molar-refractivity contribution in [3.05, 3.63) is 47.0 Å². The Bertz CT molecular complexity index is 792. The predicted octanol–water partition coefficient (Wildman–Crippen LogP) is 2.61. The van der Waals surface area contributed by atoms with Crippen molar-refractivity contribution in [2.24, 2.45) is 5.10 Å². The number of benzene rings is 2. The maximum Gasteiger partial charge on any atom is 0.277 e. The number of hydrogen-bond acceptors (Lipinski definition) is 6. The van der Waals surface area contributed by atoms with Crippen LogP contribution in [0.5, 0.6) is 23.0 Å². The SMILES string of the molecule is COc1ccc(OCC(=O)N/N=C\c2cc(Cl)c3c(c2)OCO3)cc1. The summed E-state index contributed by atoms with van der Waals surface area (Å²) in [4.78, 5) is 11.7. The highest BCUT2D eigenvalue weighted by molar-refractivity contribution is 6.32. The number of nitrogens with zero attached hydrogens (tertiary/aromatic N) is 1. The van der Waals surface area contributed by atoms with Gasteiger partial charge in [-0.1, -0.05) is 11.6 Å². The molecule has 7 nitrogen and oxygen atoms in total. The van der Waals surface area contributed by atoms with Gasteiger partial charge in [0.25, 0.3) is 5.91 Å². The van der Waals surface area contributed by atoms with Crippen LogP contribution >= 0.6 is 11.6 Å². The quantitative estimate of drug-likeness (QED) is 0.631. The molecule has 1 N–H and O–H groups in total. The van der Waals surface area contributed by atoms with Crippen molar-refractivity contribution in [1.29, 1.82) is 0 Å². The lowest BCUT2D eigenvalue weighted by molar-refractivity contribution is -0.123. The van der Waals surface area contributed by atoms with Crippen molar-refractivity contribution in [2.75, 3.05) is 20.5 Å². The second-order valence-corrected chi connectivity index (χ2v) is 5.40. The summed E-state index contributed by atoms with van der Waals surface area (Å²) in [6.07, 6.45) is 1.46. The second kappa shape index (κ2) is 7.76. The summed E-state index contributed by atoms with van der Waals surface area (Å²) in [7, 11) is 1.58. The topological polar surface area (TPSA) is 78.4 Å². The Morgan fingerprint density at radius 1 is 1.28 bits per heavy atom. The zero-order valence-electron chi connectivity index (χ0n) is 13.3. The van der Waals surface area contributed by atoms with Gasteiger partial charge in [0, 0.05) is 0 Å². The molecule has 130 valence electrons. The van der Waals surface area contributed by atoms with Crippen molar-refractivity contribution in [3.63, 3.8) is 0 Å². The van der Waals surface area contributed by atoms with E-state index in [-0.39, 0.29) is 19.3 Å². The van der Waals surface area contributed by atoms with E-state index >= 15 is 0 Å². The van der Waals surface area contributed by atoms with Crippen molar-refractivity contribution < 1.29 is 23.7 Å². The molecule has 1 heterocycles. The fraction of sp³-hybridized carbons (Fsp3) is 0.176. The van der Waals surface area contributed by atoms with Gasteiger partial charge in [-0.25, -0.2) is 5.43 Å². The van der Waals surface area contributed by atoms with E-state index in [1.165, 1.54) is 6.21 Å². The molecule has 0 saturated heterocycles. The van der Waals surface area contributed by atoms with E-state index in [0.29, 0.717) is 33.6 Å². The second-order valence-electron chi connectivity index (χ2n) is 4.99. The number of carbonyl (C=O) groups is 1. The summed E-state index contributed by atoms with van der Waals surface area (Å²) in [5, 5.41) is 4.29. The first kappa shape index (κ1) is 16.9. The minimum atomic E-state index is -0.390. The van der Waals surface area contributed by atoms with Crippen LogP contribution in [0.1, 0.15) is 5.56 Å². The molecule has 0 atom stereocenters. The van der Waals surface area contributed by atoms with Crippen LogP contribution in [0.25, 0.3) is 0 Å². The van der Waals surface area contributed by atoms with Crippen LogP contribution in [0.4, 0.5) is 0 Å². The molecule has 0 fully saturated rings. The number of hydrogen-bond donors (Lipinski definition) is 1. The number of rotatable bonds is 6. The smallest absolute Gasteiger partial charge is 0.277 e. The fourth-order valence-corrected chi connectivity index (χ4v) is 2.37. The lowest BCUT2D eigenvalue weighted by atomic mass is 10.2. The molecule has 0 aromatic heterocycles. The summed E-state index contributed by atoms with van der Waals surface area (Å²) in [6, 6.07) is 10.3. The zero-order chi connectivity index (χ0) is 17.6. The van der Waals surface area contributed by atoms with Gasteiger partial charge in [0.15, 0.2) is 18.1 Å². The summed E-state index contributed by atoms with van der Waals surface area (Å²) < 4.78 is 20.9. The van der Waals surface area contributed by atoms with E-state index in [0.717, 1.165) is 0 Å². The third-order valence-corrected chi connectivity index (χ3v) is 3.56. The van der Waals surface area contributed by atoms with E-state index in [1.54, 1.807) is 43.5 Å². The molecule has 0 radical (unpaired) electrons. The van der Waals surface area contributed by atoms with Crippen LogP contribution in [0.3, 0.4) is 0 Å². The van der Waals surface area contributed by atoms with Gasteiger partial charge in [-0.05, 0) is 42.0 Å². The number of hydrazone groups is 1. The predicted molar refractivity (Wildman–Crippen MR) is 91.8 cm³/mol. The van der Waals surface area contributed by atoms with Crippen molar-refractivity contribution in [3.8, 4) is 23.0 Å². The highest BCUT2D eigenvalue weighted by Gasteiger charge is 2.17. The van der Waals surface area contributed by atoms with Gasteiger partial charge < -0.3 is 18.9 Å². The first-order chi connectivity index (χ1) is 12.2. The summed E-state index contributed by atoms with van der Waals surface area (Å²) in [6.45, 7) is -0.0271. The van der Waals surface area contributed by atoms with Crippen LogP contribution in [-0.2, 0) is 4.79 Å². The minimum Gasteiger partial charge on any atom is -0.497 e. The molecule has 0 saturated carbocycles. The van der Waals surface area contributed by atoms with E-state index in [4.69, 9.17) is 30.5 Å². The maximum absolute atomic E-state index is 11.7. The Hall–Kier alpha value is -2.93. The molecule has 1 aliphatic heterocycles. The van der Waals surface area contributed by atoms with Crippen molar-refractivity contribution >= 4 is 23.7 Å². The largest absolute Gasteiger partial charge is 0.497 e. The Kier molecular flexibility index (Phi) is 5.25. The first-order valence-corrected chi connectivity index (χ1v) is 7.71. The molecular weight excluding hydrogens is 348 g/mol. The summed E-state index contributed by atoms with van der Waals surface area (Å²) in [5.41, 5.74) is 3.05. The van der Waals surface area contributed by atoms with Gasteiger partial charge in [-0.3, -0.25) is 4.79 Å². The van der Waals surface area contributed by atoms with Gasteiger partial charge in [0.05, 0.1) is 18.3 Å². The maximum atomic E-state index is 11.7. The third kappa shape index (κ3) is 4.33. The first-order valence-electron chi connectivity index (χ1n) is 7.33. The normalized spacial score (nSPS) is 12.2. The van der Waals surface area contributed by atoms with E-state index < -0.39 is 0 Å². The number of amides is 1. The number of nitrogens with one attached hydrogen (secondary N) is 1. The van der Waals surface area contributed by atoms with Gasteiger partial charge in [0.1, 0.15) is 11.5 Å². The average Bonchev–Trinajstić information content (AvgIpc) is 3.09. The van der Waals surface area contributed by atoms with Gasteiger partial charge in [-0.15, -0.1) is 0 Å². The summed E-state index contributed by atoms with van der Waals surface area (Å²) in [5.74, 6) is 1.93. The van der Waals surface area contributed by atoms with Crippen LogP contribution in [0.15, 0.2) is 41.5 Å². The third-order valence-electron chi connectivity index (χ3n) is 3.28. The minimum absolute atomic E-state index is 0.134. The zero-order valence-corrected chi connectivity index (χ0v) is 14.1. The Labute approximate surface area is 149 Å². The van der Waals surface area contributed by atoms with Crippen LogP contribution < -0.4 is 24.4 Å². The lowest BCUT2D eigenvalue weighted by Gasteiger charge is -2.06. The molecule has 1 amide bonds. The molecule has 0 spiro atoms. The molecule has 3 rings (SSSR count). The van der Waals surface area contributed by atoms with Crippen molar-refractivity contribution in [1.82, 2.24) is 5.43 Å². The molecule has 2 aromatic carbocycles. The molecule has 0 aliphatic carbocycles. The Morgan fingerprint density at radius 3 is 2.80 bits per heavy atom. The molecule has 25 heavy (non-hydrogen) atoms. The molecule has 8 heteroatoms. The molecule has 0 bridgehead atoms. The lowest BCUT2D eigenvalue weighted by Crippen LogP contribution is -2.24. The molecule has 2 aromatic rings. The molecule has 1 aliphatic rings. The number of fused-ring (bicyclic) bond motifs is 1. The molecule has 0 unspecified atom stereocenters. The number of halogens is 1. The average molecular weight is 363 g/mol. The van der Waals surface area contributed by atoms with Crippen LogP contribution in [-0.4, -0.2) is 32.6 Å². The van der Waals surface area contributed by atoms with E-state index in [9.17, 15) is 4.79 Å². The van der Waals surface area contributed by atoms with Gasteiger partial charge >= 0.3 is 0 Å². The summed E-state index contributed by atoms with van der Waals surface area (Å²) >= 11 is 6.07. The van der Waals surface area contributed by atoms with Crippen LogP contribution in [0.2, 0.25) is 5.02 Å². The van der Waals surface area contributed by atoms with E-state index in [2.05, 4.69) is 10.5 Å². The van der Waals surface area contributed by atoms with Gasteiger partial charge in [0.2, 0.25) is 6.79 Å². The van der Waals surface area contributed by atoms with Crippen LogP contribution in [0, 0.1) is 0 Å². The standard InChI is InChI=1S/C17H15ClN2O5/c1-22-12-2-4-13(5-3-12)23-9-16(21)20-19-8-11-6-14(18)17-15(7-11)24-10-25-17/h2-8H,9-10H2,1H3,(H,20,21)/b19-8-. The number of ether oxygens (including phenoxy) is 4. The number of methoxy groups -OCH3 is 1.